The highest BCUT2D eigenvalue weighted by Crippen LogP contribution is 2.28. The standard InChI is InChI=1S/C23H21BrN2O4/c1-28-22-13-18(9-12-21(22)29-15-17-7-10-19(24)11-8-17)14-25-30-16-23(27)26-20-5-3-2-4-6-20/h2-14H,15-16H2,1H3,(H,26,27)/b25-14+. The molecule has 0 unspecified atom stereocenters. The number of methoxy groups -OCH3 is 1. The van der Waals surface area contributed by atoms with E-state index in [1.165, 1.54) is 6.21 Å². The average Bonchev–Trinajstić information content (AvgIpc) is 2.77. The quantitative estimate of drug-likeness (QED) is 0.353. The number of carbonyl (C=O) groups excluding carboxylic acids is 1. The minimum atomic E-state index is -0.285. The lowest BCUT2D eigenvalue weighted by Gasteiger charge is -2.11. The fourth-order valence-corrected chi connectivity index (χ4v) is 2.80. The largest absolute Gasteiger partial charge is 0.493 e. The van der Waals surface area contributed by atoms with Gasteiger partial charge in [-0.1, -0.05) is 51.4 Å². The van der Waals surface area contributed by atoms with Crippen molar-refractivity contribution < 1.29 is 19.1 Å². The number of hydrogen-bond acceptors (Lipinski definition) is 5. The molecule has 30 heavy (non-hydrogen) atoms. The van der Waals surface area contributed by atoms with Crippen molar-refractivity contribution in [1.29, 1.82) is 0 Å². The normalized spacial score (nSPS) is 10.6. The summed E-state index contributed by atoms with van der Waals surface area (Å²) >= 11 is 3.42. The zero-order valence-corrected chi connectivity index (χ0v) is 18.0. The van der Waals surface area contributed by atoms with Crippen LogP contribution in [0.4, 0.5) is 5.69 Å². The molecule has 1 N–H and O–H groups in total. The SMILES string of the molecule is COc1cc(/C=N/OCC(=O)Nc2ccccc2)ccc1OCc1ccc(Br)cc1. The highest BCUT2D eigenvalue weighted by Gasteiger charge is 2.06. The van der Waals surface area contributed by atoms with E-state index >= 15 is 0 Å². The van der Waals surface area contributed by atoms with E-state index in [9.17, 15) is 4.79 Å². The van der Waals surface area contributed by atoms with Gasteiger partial charge in [0.1, 0.15) is 6.61 Å². The van der Waals surface area contributed by atoms with Gasteiger partial charge < -0.3 is 19.6 Å². The van der Waals surface area contributed by atoms with Crippen LogP contribution in [0.25, 0.3) is 0 Å². The summed E-state index contributed by atoms with van der Waals surface area (Å²) in [6, 6.07) is 22.5. The van der Waals surface area contributed by atoms with E-state index < -0.39 is 0 Å². The van der Waals surface area contributed by atoms with Gasteiger partial charge in [0, 0.05) is 15.7 Å². The van der Waals surface area contributed by atoms with Crippen molar-refractivity contribution in [2.45, 2.75) is 6.61 Å². The van der Waals surface area contributed by atoms with Crippen molar-refractivity contribution in [2.24, 2.45) is 5.16 Å². The van der Waals surface area contributed by atoms with Crippen molar-refractivity contribution in [2.75, 3.05) is 19.0 Å². The number of nitrogens with zero attached hydrogens (tertiary/aromatic N) is 1. The van der Waals surface area contributed by atoms with Crippen molar-refractivity contribution in [3.8, 4) is 11.5 Å². The summed E-state index contributed by atoms with van der Waals surface area (Å²) in [4.78, 5) is 16.9. The molecule has 0 aliphatic heterocycles. The van der Waals surface area contributed by atoms with Crippen molar-refractivity contribution >= 4 is 33.7 Å². The van der Waals surface area contributed by atoms with Crippen molar-refractivity contribution in [1.82, 2.24) is 0 Å². The number of ether oxygens (including phenoxy) is 2. The van der Waals surface area contributed by atoms with Gasteiger partial charge in [0.2, 0.25) is 0 Å². The zero-order valence-electron chi connectivity index (χ0n) is 16.4. The second-order valence-electron chi connectivity index (χ2n) is 6.25. The van der Waals surface area contributed by atoms with Crippen LogP contribution in [0.2, 0.25) is 0 Å². The van der Waals surface area contributed by atoms with Gasteiger partial charge >= 0.3 is 0 Å². The van der Waals surface area contributed by atoms with E-state index in [0.717, 1.165) is 15.6 Å². The van der Waals surface area contributed by atoms with Crippen molar-refractivity contribution in [3.63, 3.8) is 0 Å². The van der Waals surface area contributed by atoms with Gasteiger partial charge in [0.15, 0.2) is 18.1 Å². The number of benzene rings is 3. The Labute approximate surface area is 183 Å². The molecule has 3 rings (SSSR count). The fraction of sp³-hybridized carbons (Fsp3) is 0.130. The van der Waals surface area contributed by atoms with Gasteiger partial charge in [-0.2, -0.15) is 0 Å². The van der Waals surface area contributed by atoms with Crippen LogP contribution >= 0.6 is 15.9 Å². The third-order valence-electron chi connectivity index (χ3n) is 4.02. The Morgan fingerprint density at radius 1 is 1.03 bits per heavy atom. The summed E-state index contributed by atoms with van der Waals surface area (Å²) < 4.78 is 12.3. The van der Waals surface area contributed by atoms with Crippen LogP contribution in [0.5, 0.6) is 11.5 Å². The van der Waals surface area contributed by atoms with Gasteiger partial charge in [-0.3, -0.25) is 4.79 Å². The first-order valence-corrected chi connectivity index (χ1v) is 9.99. The van der Waals surface area contributed by atoms with Crippen LogP contribution in [-0.4, -0.2) is 25.8 Å². The number of rotatable bonds is 9. The smallest absolute Gasteiger partial charge is 0.265 e. The molecule has 0 saturated heterocycles. The second-order valence-corrected chi connectivity index (χ2v) is 7.16. The Balaban J connectivity index is 1.51. The van der Waals surface area contributed by atoms with Crippen LogP contribution in [0.3, 0.4) is 0 Å². The number of amides is 1. The maximum atomic E-state index is 11.8. The Morgan fingerprint density at radius 3 is 2.53 bits per heavy atom. The molecule has 0 aromatic heterocycles. The average molecular weight is 469 g/mol. The van der Waals surface area contributed by atoms with Crippen molar-refractivity contribution in [3.05, 3.63) is 88.4 Å². The number of para-hydroxylation sites is 1. The molecule has 3 aromatic carbocycles. The third-order valence-corrected chi connectivity index (χ3v) is 4.55. The maximum Gasteiger partial charge on any atom is 0.265 e. The Morgan fingerprint density at radius 2 is 1.80 bits per heavy atom. The van der Waals surface area contributed by atoms with E-state index in [4.69, 9.17) is 14.3 Å². The molecule has 154 valence electrons. The molecule has 3 aromatic rings. The van der Waals surface area contributed by atoms with Crippen LogP contribution in [0.15, 0.2) is 82.4 Å². The van der Waals surface area contributed by atoms with E-state index in [1.54, 1.807) is 31.4 Å². The molecule has 0 heterocycles. The number of nitrogens with one attached hydrogen (secondary N) is 1. The van der Waals surface area contributed by atoms with E-state index in [1.807, 2.05) is 48.5 Å². The molecule has 0 fully saturated rings. The molecule has 0 bridgehead atoms. The van der Waals surface area contributed by atoms with E-state index in [2.05, 4.69) is 26.4 Å². The maximum absolute atomic E-state index is 11.8. The zero-order chi connectivity index (χ0) is 21.2. The van der Waals surface area contributed by atoms with Gasteiger partial charge in [-0.25, -0.2) is 0 Å². The number of anilines is 1. The number of halogens is 1. The molecule has 7 heteroatoms. The molecule has 0 atom stereocenters. The van der Waals surface area contributed by atoms with Gasteiger partial charge in [-0.15, -0.1) is 0 Å². The third kappa shape index (κ3) is 6.63. The number of hydrogen-bond donors (Lipinski definition) is 1. The lowest BCUT2D eigenvalue weighted by molar-refractivity contribution is -0.120. The van der Waals surface area contributed by atoms with E-state index in [-0.39, 0.29) is 12.5 Å². The fourth-order valence-electron chi connectivity index (χ4n) is 2.54. The lowest BCUT2D eigenvalue weighted by atomic mass is 10.2. The predicted octanol–water partition coefficient (Wildman–Crippen LogP) is 5.03. The van der Waals surface area contributed by atoms with Crippen LogP contribution in [0.1, 0.15) is 11.1 Å². The number of carbonyl (C=O) groups is 1. The molecular formula is C23H21BrN2O4. The monoisotopic (exact) mass is 468 g/mol. The van der Waals surface area contributed by atoms with E-state index in [0.29, 0.717) is 23.8 Å². The lowest BCUT2D eigenvalue weighted by Crippen LogP contribution is -2.16. The topological polar surface area (TPSA) is 69.2 Å². The van der Waals surface area contributed by atoms with Gasteiger partial charge in [0.25, 0.3) is 5.91 Å². The van der Waals surface area contributed by atoms with Gasteiger partial charge in [-0.05, 0) is 48.0 Å². The Kier molecular flexibility index (Phi) is 7.86. The van der Waals surface area contributed by atoms with Crippen LogP contribution in [-0.2, 0) is 16.2 Å². The molecule has 1 amide bonds. The van der Waals surface area contributed by atoms with Crippen LogP contribution in [0, 0.1) is 0 Å². The molecule has 0 spiro atoms. The Bertz CT molecular complexity index is 992. The molecule has 0 radical (unpaired) electrons. The predicted molar refractivity (Wildman–Crippen MR) is 120 cm³/mol. The second kappa shape index (κ2) is 11.0. The molecule has 0 saturated carbocycles. The molecule has 6 nitrogen and oxygen atoms in total. The summed E-state index contributed by atoms with van der Waals surface area (Å²) in [5.74, 6) is 0.922. The Hall–Kier alpha value is -3.32. The summed E-state index contributed by atoms with van der Waals surface area (Å²) in [6.45, 7) is 0.244. The molecule has 0 aliphatic carbocycles. The summed E-state index contributed by atoms with van der Waals surface area (Å²) in [7, 11) is 1.58. The molecule has 0 aliphatic rings. The summed E-state index contributed by atoms with van der Waals surface area (Å²) in [5.41, 5.74) is 2.51. The first kappa shape index (κ1) is 21.4. The minimum absolute atomic E-state index is 0.184. The first-order chi connectivity index (χ1) is 14.6. The molecular weight excluding hydrogens is 448 g/mol. The summed E-state index contributed by atoms with van der Waals surface area (Å²) in [5, 5.41) is 6.56. The highest BCUT2D eigenvalue weighted by atomic mass is 79.9. The minimum Gasteiger partial charge on any atom is -0.493 e. The first-order valence-electron chi connectivity index (χ1n) is 9.19. The number of oxime groups is 1. The van der Waals surface area contributed by atoms with Crippen LogP contribution < -0.4 is 14.8 Å². The highest BCUT2D eigenvalue weighted by molar-refractivity contribution is 9.10. The van der Waals surface area contributed by atoms with Gasteiger partial charge in [0.05, 0.1) is 13.3 Å². The summed E-state index contributed by atoms with van der Waals surface area (Å²) in [6.07, 6.45) is 1.51.